The molecule has 0 bridgehead atoms. The minimum atomic E-state index is -3.53. The molecule has 2 aromatic carbocycles. The van der Waals surface area contributed by atoms with Crippen molar-refractivity contribution in [1.29, 1.82) is 0 Å². The van der Waals surface area contributed by atoms with Crippen LogP contribution in [0.2, 0.25) is 5.02 Å². The highest BCUT2D eigenvalue weighted by atomic mass is 35.5. The van der Waals surface area contributed by atoms with Gasteiger partial charge in [0, 0.05) is 17.3 Å². The molecule has 134 valence electrons. The Labute approximate surface area is 153 Å². The van der Waals surface area contributed by atoms with Crippen LogP contribution in [-0.4, -0.2) is 31.4 Å². The van der Waals surface area contributed by atoms with Gasteiger partial charge >= 0.3 is 0 Å². The zero-order chi connectivity index (χ0) is 18.6. The monoisotopic (exact) mass is 380 g/mol. The molecule has 0 spiro atoms. The van der Waals surface area contributed by atoms with Gasteiger partial charge in [-0.15, -0.1) is 0 Å². The van der Waals surface area contributed by atoms with Crippen molar-refractivity contribution in [2.24, 2.45) is 0 Å². The molecule has 1 N–H and O–H groups in total. The summed E-state index contributed by atoms with van der Waals surface area (Å²) in [5, 5.41) is 3.22. The minimum absolute atomic E-state index is 0.141. The molecule has 0 fully saturated rings. The van der Waals surface area contributed by atoms with E-state index in [1.54, 1.807) is 18.2 Å². The second-order valence-electron chi connectivity index (χ2n) is 6.03. The van der Waals surface area contributed by atoms with Crippen molar-refractivity contribution in [3.05, 3.63) is 64.2 Å². The maximum atomic E-state index is 12.3. The van der Waals surface area contributed by atoms with Crippen LogP contribution in [0.1, 0.15) is 16.7 Å². The number of nitrogens with one attached hydrogen (secondary N) is 1. The van der Waals surface area contributed by atoms with E-state index in [-0.39, 0.29) is 13.1 Å². The topological polar surface area (TPSA) is 66.5 Å². The van der Waals surface area contributed by atoms with Gasteiger partial charge < -0.3 is 5.32 Å². The molecule has 7 heteroatoms. The Bertz CT molecular complexity index is 882. The van der Waals surface area contributed by atoms with E-state index in [1.807, 2.05) is 38.1 Å². The van der Waals surface area contributed by atoms with E-state index >= 15 is 0 Å². The van der Waals surface area contributed by atoms with Crippen molar-refractivity contribution < 1.29 is 13.2 Å². The molecule has 0 unspecified atom stereocenters. The van der Waals surface area contributed by atoms with Crippen molar-refractivity contribution in [3.63, 3.8) is 0 Å². The lowest BCUT2D eigenvalue weighted by Crippen LogP contribution is -2.36. The lowest BCUT2D eigenvalue weighted by molar-refractivity contribution is -0.116. The Morgan fingerprint density at radius 2 is 1.88 bits per heavy atom. The molecule has 2 rings (SSSR count). The fraction of sp³-hybridized carbons (Fsp3) is 0.278. The van der Waals surface area contributed by atoms with Crippen LogP contribution in [0.4, 0.5) is 5.69 Å². The van der Waals surface area contributed by atoms with Crippen molar-refractivity contribution in [2.75, 3.05) is 18.1 Å². The summed E-state index contributed by atoms with van der Waals surface area (Å²) in [6.45, 7) is 3.67. The van der Waals surface area contributed by atoms with Crippen LogP contribution in [0, 0.1) is 13.8 Å². The van der Waals surface area contributed by atoms with Gasteiger partial charge in [-0.3, -0.25) is 4.79 Å². The van der Waals surface area contributed by atoms with Gasteiger partial charge in [-0.2, -0.15) is 4.31 Å². The number of aryl methyl sites for hydroxylation is 2. The summed E-state index contributed by atoms with van der Waals surface area (Å²) in [7, 11) is -3.53. The predicted octanol–water partition coefficient (Wildman–Crippen LogP) is 3.36. The highest BCUT2D eigenvalue weighted by Gasteiger charge is 2.20. The zero-order valence-corrected chi connectivity index (χ0v) is 16.0. The SMILES string of the molecule is Cc1cccc(CN(CC(=O)Nc2ccc(C)c(Cl)c2)S(C)(=O)=O)c1. The third kappa shape index (κ3) is 5.85. The van der Waals surface area contributed by atoms with Gasteiger partial charge in [0.25, 0.3) is 0 Å². The number of halogens is 1. The molecule has 1 amide bonds. The highest BCUT2D eigenvalue weighted by molar-refractivity contribution is 7.88. The summed E-state index contributed by atoms with van der Waals surface area (Å²) in [6, 6.07) is 12.7. The normalized spacial score (nSPS) is 11.6. The number of carbonyl (C=O) groups excluding carboxylic acids is 1. The third-order valence-electron chi connectivity index (χ3n) is 3.69. The minimum Gasteiger partial charge on any atom is -0.325 e. The molecule has 0 heterocycles. The number of anilines is 1. The fourth-order valence-corrected chi connectivity index (χ4v) is 3.25. The molecular formula is C18H21ClN2O3S. The van der Waals surface area contributed by atoms with Crippen LogP contribution in [0.25, 0.3) is 0 Å². The number of sulfonamides is 1. The second kappa shape index (κ2) is 7.99. The molecule has 0 atom stereocenters. The average Bonchev–Trinajstić information content (AvgIpc) is 2.49. The number of amides is 1. The number of nitrogens with zero attached hydrogens (tertiary/aromatic N) is 1. The lowest BCUT2D eigenvalue weighted by Gasteiger charge is -2.20. The molecule has 5 nitrogen and oxygen atoms in total. The van der Waals surface area contributed by atoms with Gasteiger partial charge in [0.1, 0.15) is 0 Å². The summed E-state index contributed by atoms with van der Waals surface area (Å²) in [5.74, 6) is -0.419. The van der Waals surface area contributed by atoms with E-state index < -0.39 is 15.9 Å². The lowest BCUT2D eigenvalue weighted by atomic mass is 10.1. The van der Waals surface area contributed by atoms with Crippen molar-refractivity contribution in [2.45, 2.75) is 20.4 Å². The third-order valence-corrected chi connectivity index (χ3v) is 5.29. The summed E-state index contributed by atoms with van der Waals surface area (Å²) in [5.41, 5.74) is 3.29. The van der Waals surface area contributed by atoms with Gasteiger partial charge in [0.05, 0.1) is 12.8 Å². The summed E-state index contributed by atoms with van der Waals surface area (Å²) in [6.07, 6.45) is 1.10. The summed E-state index contributed by atoms with van der Waals surface area (Å²) >= 11 is 6.04. The molecule has 0 aromatic heterocycles. The van der Waals surface area contributed by atoms with Gasteiger partial charge in [-0.05, 0) is 37.1 Å². The first-order valence-corrected chi connectivity index (χ1v) is 9.94. The standard InChI is InChI=1S/C18H21ClN2O3S/c1-13-5-4-6-15(9-13)11-21(25(3,23)24)12-18(22)20-16-8-7-14(2)17(19)10-16/h4-10H,11-12H2,1-3H3,(H,20,22). The van der Waals surface area contributed by atoms with Crippen LogP contribution >= 0.6 is 11.6 Å². The van der Waals surface area contributed by atoms with E-state index in [0.717, 1.165) is 27.3 Å². The first kappa shape index (κ1) is 19.4. The number of rotatable bonds is 6. The summed E-state index contributed by atoms with van der Waals surface area (Å²) in [4.78, 5) is 12.3. The molecule has 0 radical (unpaired) electrons. The number of carbonyl (C=O) groups is 1. The molecule has 0 saturated heterocycles. The molecule has 0 aliphatic rings. The maximum Gasteiger partial charge on any atom is 0.239 e. The van der Waals surface area contributed by atoms with Gasteiger partial charge in [0.15, 0.2) is 0 Å². The second-order valence-corrected chi connectivity index (χ2v) is 8.42. The molecule has 25 heavy (non-hydrogen) atoms. The van der Waals surface area contributed by atoms with Crippen LogP contribution in [0.15, 0.2) is 42.5 Å². The summed E-state index contributed by atoms with van der Waals surface area (Å²) < 4.78 is 25.2. The average molecular weight is 381 g/mol. The Balaban J connectivity index is 2.11. The van der Waals surface area contributed by atoms with Crippen LogP contribution < -0.4 is 5.32 Å². The first-order valence-electron chi connectivity index (χ1n) is 7.72. The Kier molecular flexibility index (Phi) is 6.21. The van der Waals surface area contributed by atoms with Crippen molar-refractivity contribution in [3.8, 4) is 0 Å². The molecule has 0 aliphatic heterocycles. The van der Waals surface area contributed by atoms with Gasteiger partial charge in [0.2, 0.25) is 15.9 Å². The smallest absolute Gasteiger partial charge is 0.239 e. The van der Waals surface area contributed by atoms with E-state index in [4.69, 9.17) is 11.6 Å². The van der Waals surface area contributed by atoms with Crippen LogP contribution in [0.3, 0.4) is 0 Å². The van der Waals surface area contributed by atoms with Crippen LogP contribution in [0.5, 0.6) is 0 Å². The molecule has 2 aromatic rings. The van der Waals surface area contributed by atoms with E-state index in [1.165, 1.54) is 0 Å². The number of benzene rings is 2. The zero-order valence-electron chi connectivity index (χ0n) is 14.4. The van der Waals surface area contributed by atoms with E-state index in [0.29, 0.717) is 10.7 Å². The molecule has 0 aliphatic carbocycles. The number of hydrogen-bond donors (Lipinski definition) is 1. The molecule has 0 saturated carbocycles. The largest absolute Gasteiger partial charge is 0.325 e. The van der Waals surface area contributed by atoms with E-state index in [9.17, 15) is 13.2 Å². The Hall–Kier alpha value is -1.89. The first-order chi connectivity index (χ1) is 11.6. The highest BCUT2D eigenvalue weighted by Crippen LogP contribution is 2.20. The van der Waals surface area contributed by atoms with Crippen molar-refractivity contribution >= 4 is 33.2 Å². The molecular weight excluding hydrogens is 360 g/mol. The van der Waals surface area contributed by atoms with Gasteiger partial charge in [-0.1, -0.05) is 47.5 Å². The predicted molar refractivity (Wildman–Crippen MR) is 101 cm³/mol. The Morgan fingerprint density at radius 3 is 2.48 bits per heavy atom. The van der Waals surface area contributed by atoms with E-state index in [2.05, 4.69) is 5.32 Å². The van der Waals surface area contributed by atoms with Crippen molar-refractivity contribution in [1.82, 2.24) is 4.31 Å². The van der Waals surface area contributed by atoms with Crippen LogP contribution in [-0.2, 0) is 21.4 Å². The fourth-order valence-electron chi connectivity index (χ4n) is 2.34. The maximum absolute atomic E-state index is 12.3. The number of hydrogen-bond acceptors (Lipinski definition) is 3. The Morgan fingerprint density at radius 1 is 1.16 bits per heavy atom. The quantitative estimate of drug-likeness (QED) is 0.835. The van der Waals surface area contributed by atoms with Gasteiger partial charge in [-0.25, -0.2) is 8.42 Å².